The molecule has 0 aliphatic heterocycles. The van der Waals surface area contributed by atoms with E-state index < -0.39 is 0 Å². The summed E-state index contributed by atoms with van der Waals surface area (Å²) in [6.45, 7) is 1.92. The Morgan fingerprint density at radius 3 is 2.62 bits per heavy atom. The van der Waals surface area contributed by atoms with Crippen LogP contribution in [0, 0.1) is 6.92 Å². The van der Waals surface area contributed by atoms with Crippen molar-refractivity contribution < 1.29 is 9.90 Å². The second-order valence-corrected chi connectivity index (χ2v) is 7.92. The first-order valence-electron chi connectivity index (χ1n) is 9.85. The van der Waals surface area contributed by atoms with E-state index in [-0.39, 0.29) is 23.0 Å². The third kappa shape index (κ3) is 4.55. The Balaban J connectivity index is 1.59. The minimum atomic E-state index is -0.361. The van der Waals surface area contributed by atoms with Gasteiger partial charge in [-0.15, -0.1) is 0 Å². The van der Waals surface area contributed by atoms with Crippen LogP contribution in [0.3, 0.4) is 0 Å². The fourth-order valence-corrected chi connectivity index (χ4v) is 3.97. The van der Waals surface area contributed by atoms with Crippen molar-refractivity contribution in [1.29, 1.82) is 0 Å². The van der Waals surface area contributed by atoms with Crippen LogP contribution in [0.5, 0.6) is 5.75 Å². The van der Waals surface area contributed by atoms with Crippen molar-refractivity contribution in [1.82, 2.24) is 15.0 Å². The molecule has 32 heavy (non-hydrogen) atoms. The Morgan fingerprint density at radius 2 is 1.81 bits per heavy atom. The highest BCUT2D eigenvalue weighted by Crippen LogP contribution is 2.23. The van der Waals surface area contributed by atoms with Crippen LogP contribution in [0.25, 0.3) is 16.6 Å². The number of hydrogen-bond donors (Lipinski definition) is 2. The van der Waals surface area contributed by atoms with Crippen molar-refractivity contribution in [2.24, 2.45) is 5.10 Å². The van der Waals surface area contributed by atoms with Gasteiger partial charge < -0.3 is 5.11 Å². The predicted octanol–water partition coefficient (Wildman–Crippen LogP) is 3.64. The van der Waals surface area contributed by atoms with Gasteiger partial charge in [-0.05, 0) is 42.8 Å². The second-order valence-electron chi connectivity index (χ2n) is 6.98. The SMILES string of the molecule is Cc1ccccc1-n1c(SCC(=O)NN=Cc2ccccc2O)nc2ccccc2c1=O. The van der Waals surface area contributed by atoms with Gasteiger partial charge in [0.05, 0.1) is 28.6 Å². The minimum absolute atomic E-state index is 0.00870. The average molecular weight is 445 g/mol. The first-order valence-corrected chi connectivity index (χ1v) is 10.8. The third-order valence-electron chi connectivity index (χ3n) is 4.76. The van der Waals surface area contributed by atoms with Crippen molar-refractivity contribution in [2.45, 2.75) is 12.1 Å². The number of hydrogen-bond acceptors (Lipinski definition) is 6. The molecule has 0 aliphatic carbocycles. The molecule has 0 radical (unpaired) electrons. The molecule has 1 amide bonds. The van der Waals surface area contributed by atoms with Gasteiger partial charge in [0.15, 0.2) is 5.16 Å². The molecule has 0 bridgehead atoms. The number of rotatable bonds is 6. The molecule has 160 valence electrons. The number of phenols is 1. The molecular weight excluding hydrogens is 424 g/mol. The lowest BCUT2D eigenvalue weighted by atomic mass is 10.2. The summed E-state index contributed by atoms with van der Waals surface area (Å²) >= 11 is 1.15. The van der Waals surface area contributed by atoms with Crippen molar-refractivity contribution in [3.05, 3.63) is 94.3 Å². The number of amides is 1. The molecule has 0 saturated heterocycles. The number of nitrogens with zero attached hydrogens (tertiary/aromatic N) is 3. The van der Waals surface area contributed by atoms with Gasteiger partial charge >= 0.3 is 0 Å². The molecule has 7 nitrogen and oxygen atoms in total. The molecule has 1 heterocycles. The molecule has 0 fully saturated rings. The van der Waals surface area contributed by atoms with Crippen molar-refractivity contribution in [3.63, 3.8) is 0 Å². The summed E-state index contributed by atoms with van der Waals surface area (Å²) in [7, 11) is 0. The summed E-state index contributed by atoms with van der Waals surface area (Å²) in [6, 6.07) is 21.4. The van der Waals surface area contributed by atoms with Crippen LogP contribution in [0.4, 0.5) is 0 Å². The molecule has 2 N–H and O–H groups in total. The monoisotopic (exact) mass is 444 g/mol. The number of carbonyl (C=O) groups is 1. The van der Waals surface area contributed by atoms with Gasteiger partial charge in [0.1, 0.15) is 5.75 Å². The number of aromatic hydroxyl groups is 1. The number of hydrazone groups is 1. The molecule has 3 aromatic carbocycles. The maximum atomic E-state index is 13.3. The molecule has 1 aromatic heterocycles. The number of aryl methyl sites for hydroxylation is 1. The maximum absolute atomic E-state index is 13.3. The predicted molar refractivity (Wildman–Crippen MR) is 127 cm³/mol. The van der Waals surface area contributed by atoms with Gasteiger partial charge in [0.2, 0.25) is 0 Å². The van der Waals surface area contributed by atoms with E-state index in [1.54, 1.807) is 41.0 Å². The van der Waals surface area contributed by atoms with Crippen LogP contribution >= 0.6 is 11.8 Å². The van der Waals surface area contributed by atoms with Crippen molar-refractivity contribution in [3.8, 4) is 11.4 Å². The Morgan fingerprint density at radius 1 is 1.09 bits per heavy atom. The summed E-state index contributed by atoms with van der Waals surface area (Å²) in [6.07, 6.45) is 1.37. The first-order chi connectivity index (χ1) is 15.5. The molecule has 4 aromatic rings. The number of phenolic OH excluding ortho intramolecular Hbond substituents is 1. The number of fused-ring (bicyclic) bond motifs is 1. The van der Waals surface area contributed by atoms with Gasteiger partial charge in [-0.1, -0.05) is 54.2 Å². The molecule has 0 atom stereocenters. The molecule has 0 saturated carbocycles. The van der Waals surface area contributed by atoms with E-state index in [0.29, 0.717) is 21.6 Å². The molecule has 4 rings (SSSR count). The summed E-state index contributed by atoms with van der Waals surface area (Å²) in [5.41, 5.74) is 4.95. The maximum Gasteiger partial charge on any atom is 0.266 e. The number of thioether (sulfide) groups is 1. The summed E-state index contributed by atoms with van der Waals surface area (Å²) in [4.78, 5) is 30.2. The highest BCUT2D eigenvalue weighted by molar-refractivity contribution is 7.99. The van der Waals surface area contributed by atoms with Gasteiger partial charge in [-0.2, -0.15) is 5.10 Å². The summed E-state index contributed by atoms with van der Waals surface area (Å²) in [5, 5.41) is 14.6. The zero-order valence-electron chi connectivity index (χ0n) is 17.2. The Bertz CT molecular complexity index is 1380. The fourth-order valence-electron chi connectivity index (χ4n) is 3.17. The number of nitrogens with one attached hydrogen (secondary N) is 1. The number of benzene rings is 3. The van der Waals surface area contributed by atoms with Gasteiger partial charge in [-0.3, -0.25) is 14.2 Å². The zero-order chi connectivity index (χ0) is 22.5. The van der Waals surface area contributed by atoms with Crippen LogP contribution in [-0.4, -0.2) is 32.5 Å². The van der Waals surface area contributed by atoms with Crippen LogP contribution in [-0.2, 0) is 4.79 Å². The average Bonchev–Trinajstić information content (AvgIpc) is 2.80. The Kier molecular flexibility index (Phi) is 6.32. The number of aromatic nitrogens is 2. The van der Waals surface area contributed by atoms with Crippen LogP contribution < -0.4 is 11.0 Å². The highest BCUT2D eigenvalue weighted by atomic mass is 32.2. The standard InChI is InChI=1S/C24H20N4O3S/c1-16-8-2-6-12-20(16)28-23(31)18-10-4-5-11-19(18)26-24(28)32-15-22(30)27-25-14-17-9-3-7-13-21(17)29/h2-14,29H,15H2,1H3,(H,27,30). The van der Waals surface area contributed by atoms with Gasteiger partial charge in [0.25, 0.3) is 11.5 Å². The Hall–Kier alpha value is -3.91. The van der Waals surface area contributed by atoms with E-state index in [2.05, 4.69) is 15.5 Å². The molecule has 0 spiro atoms. The van der Waals surface area contributed by atoms with E-state index in [1.165, 1.54) is 12.3 Å². The summed E-state index contributed by atoms with van der Waals surface area (Å²) in [5.74, 6) is -0.280. The zero-order valence-corrected chi connectivity index (χ0v) is 18.0. The minimum Gasteiger partial charge on any atom is -0.507 e. The number of carbonyl (C=O) groups excluding carboxylic acids is 1. The first kappa shape index (κ1) is 21.3. The molecule has 0 unspecified atom stereocenters. The lowest BCUT2D eigenvalue weighted by molar-refractivity contribution is -0.118. The van der Waals surface area contributed by atoms with Gasteiger partial charge in [0, 0.05) is 5.56 Å². The van der Waals surface area contributed by atoms with E-state index in [1.807, 2.05) is 37.3 Å². The van der Waals surface area contributed by atoms with E-state index >= 15 is 0 Å². The third-order valence-corrected chi connectivity index (χ3v) is 5.70. The summed E-state index contributed by atoms with van der Waals surface area (Å²) < 4.78 is 1.54. The quantitative estimate of drug-likeness (QED) is 0.205. The van der Waals surface area contributed by atoms with Crippen molar-refractivity contribution in [2.75, 3.05) is 5.75 Å². The number of para-hydroxylation sites is 3. The molecule has 8 heteroatoms. The molecular formula is C24H20N4O3S. The molecule has 0 aliphatic rings. The smallest absolute Gasteiger partial charge is 0.266 e. The van der Waals surface area contributed by atoms with Crippen LogP contribution in [0.1, 0.15) is 11.1 Å². The van der Waals surface area contributed by atoms with E-state index in [9.17, 15) is 14.7 Å². The normalized spacial score (nSPS) is 11.2. The lowest BCUT2D eigenvalue weighted by Crippen LogP contribution is -2.24. The van der Waals surface area contributed by atoms with E-state index in [0.717, 1.165) is 23.0 Å². The van der Waals surface area contributed by atoms with Gasteiger partial charge in [-0.25, -0.2) is 10.4 Å². The lowest BCUT2D eigenvalue weighted by Gasteiger charge is -2.14. The fraction of sp³-hybridized carbons (Fsp3) is 0.0833. The van der Waals surface area contributed by atoms with E-state index in [4.69, 9.17) is 0 Å². The van der Waals surface area contributed by atoms with Crippen LogP contribution in [0.15, 0.2) is 87.8 Å². The van der Waals surface area contributed by atoms with Crippen molar-refractivity contribution >= 4 is 34.8 Å². The second kappa shape index (κ2) is 9.49. The largest absolute Gasteiger partial charge is 0.507 e. The highest BCUT2D eigenvalue weighted by Gasteiger charge is 2.15. The van der Waals surface area contributed by atoms with Crippen LogP contribution in [0.2, 0.25) is 0 Å². The topological polar surface area (TPSA) is 96.6 Å². The Labute approximate surface area is 188 Å².